The highest BCUT2D eigenvalue weighted by atomic mass is 35.5. The summed E-state index contributed by atoms with van der Waals surface area (Å²) in [6, 6.07) is 3.25. The van der Waals surface area contributed by atoms with Crippen molar-refractivity contribution in [1.82, 2.24) is 9.97 Å². The zero-order valence-corrected chi connectivity index (χ0v) is 14.5. The minimum absolute atomic E-state index is 0.149. The molecule has 0 spiro atoms. The van der Waals surface area contributed by atoms with Gasteiger partial charge in [0.1, 0.15) is 10.7 Å². The molecule has 0 atom stereocenters. The van der Waals surface area contributed by atoms with E-state index in [0.717, 1.165) is 6.20 Å². The van der Waals surface area contributed by atoms with Crippen molar-refractivity contribution in [1.29, 1.82) is 0 Å². The summed E-state index contributed by atoms with van der Waals surface area (Å²) in [5, 5.41) is 3.55. The Morgan fingerprint density at radius 3 is 2.52 bits per heavy atom. The van der Waals surface area contributed by atoms with Gasteiger partial charge in [0.25, 0.3) is 0 Å². The van der Waals surface area contributed by atoms with Crippen LogP contribution < -0.4 is 10.2 Å². The van der Waals surface area contributed by atoms with Crippen LogP contribution in [0.25, 0.3) is 0 Å². The molecule has 3 rings (SSSR count). The quantitative estimate of drug-likeness (QED) is 0.858. The van der Waals surface area contributed by atoms with Gasteiger partial charge in [-0.25, -0.2) is 9.97 Å². The first-order chi connectivity index (χ1) is 11.8. The molecule has 3 heterocycles. The molecule has 2 aromatic heterocycles. The molecule has 0 aromatic carbocycles. The van der Waals surface area contributed by atoms with Crippen LogP contribution in [0.3, 0.4) is 0 Å². The fraction of sp³-hybridized carbons (Fsp3) is 0.400. The number of rotatable bonds is 3. The average molecular weight is 391 g/mol. The Hall–Kier alpha value is -1.87. The van der Waals surface area contributed by atoms with Crippen molar-refractivity contribution in [2.45, 2.75) is 19.0 Å². The fourth-order valence-corrected chi connectivity index (χ4v) is 3.50. The third-order valence-electron chi connectivity index (χ3n) is 3.89. The molecular weight excluding hydrogens is 377 g/mol. The molecule has 0 bridgehead atoms. The van der Waals surface area contributed by atoms with Crippen LogP contribution in [-0.4, -0.2) is 29.0 Å². The van der Waals surface area contributed by atoms with E-state index in [1.165, 1.54) is 6.20 Å². The first-order valence-corrected chi connectivity index (χ1v) is 8.73. The normalized spacial score (nSPS) is 16.1. The van der Waals surface area contributed by atoms with Crippen LogP contribution in [0.1, 0.15) is 17.7 Å². The van der Waals surface area contributed by atoms with Crippen LogP contribution in [0.4, 0.5) is 24.1 Å². The minimum atomic E-state index is -4.38. The van der Waals surface area contributed by atoms with Gasteiger partial charge in [0, 0.05) is 25.2 Å². The lowest BCUT2D eigenvalue weighted by Gasteiger charge is -2.30. The third kappa shape index (κ3) is 4.40. The Kier molecular flexibility index (Phi) is 5.14. The monoisotopic (exact) mass is 390 g/mol. The van der Waals surface area contributed by atoms with Gasteiger partial charge < -0.3 is 10.2 Å². The smallest absolute Gasteiger partial charge is 0.348 e. The van der Waals surface area contributed by atoms with Crippen LogP contribution in [0.5, 0.6) is 0 Å². The second kappa shape index (κ2) is 7.17. The lowest BCUT2D eigenvalue weighted by Crippen LogP contribution is -2.38. The van der Waals surface area contributed by atoms with Crippen molar-refractivity contribution >= 4 is 39.8 Å². The van der Waals surface area contributed by atoms with Crippen molar-refractivity contribution in [3.63, 3.8) is 0 Å². The first kappa shape index (κ1) is 17.9. The van der Waals surface area contributed by atoms with Crippen molar-refractivity contribution in [3.05, 3.63) is 34.4 Å². The fourth-order valence-electron chi connectivity index (χ4n) is 2.55. The van der Waals surface area contributed by atoms with Gasteiger partial charge in [-0.15, -0.1) is 0 Å². The van der Waals surface area contributed by atoms with Crippen LogP contribution in [0.2, 0.25) is 5.02 Å². The van der Waals surface area contributed by atoms with E-state index >= 15 is 0 Å². The molecule has 134 valence electrons. The van der Waals surface area contributed by atoms with Gasteiger partial charge >= 0.3 is 6.18 Å². The molecule has 25 heavy (non-hydrogen) atoms. The number of halogens is 4. The van der Waals surface area contributed by atoms with Crippen LogP contribution in [-0.2, 0) is 11.0 Å². The van der Waals surface area contributed by atoms with E-state index in [1.807, 2.05) is 0 Å². The van der Waals surface area contributed by atoms with Gasteiger partial charge in [-0.2, -0.15) is 13.2 Å². The molecule has 1 aliphatic rings. The number of nitrogens with zero attached hydrogens (tertiary/aromatic N) is 3. The van der Waals surface area contributed by atoms with Crippen LogP contribution in [0, 0.1) is 5.92 Å². The van der Waals surface area contributed by atoms with Gasteiger partial charge in [0.15, 0.2) is 5.13 Å². The molecule has 5 nitrogen and oxygen atoms in total. The Bertz CT molecular complexity index is 742. The van der Waals surface area contributed by atoms with Gasteiger partial charge in [0.2, 0.25) is 5.91 Å². The lowest BCUT2D eigenvalue weighted by molar-refractivity contribution is -0.134. The molecule has 0 aliphatic carbocycles. The van der Waals surface area contributed by atoms with Crippen LogP contribution >= 0.6 is 22.9 Å². The number of nitrogens with one attached hydrogen (secondary N) is 1. The number of piperidine rings is 1. The maximum atomic E-state index is 12.7. The maximum Gasteiger partial charge on any atom is 0.427 e. The molecule has 10 heteroatoms. The van der Waals surface area contributed by atoms with E-state index in [-0.39, 0.29) is 11.8 Å². The number of thiazole rings is 1. The van der Waals surface area contributed by atoms with E-state index in [9.17, 15) is 18.0 Å². The third-order valence-corrected chi connectivity index (χ3v) is 5.21. The summed E-state index contributed by atoms with van der Waals surface area (Å²) in [5.74, 6) is 0.0620. The van der Waals surface area contributed by atoms with E-state index < -0.39 is 11.1 Å². The summed E-state index contributed by atoms with van der Waals surface area (Å²) in [6.45, 7) is 0.966. The number of carbonyl (C=O) groups is 1. The summed E-state index contributed by atoms with van der Waals surface area (Å²) >= 11 is 6.37. The first-order valence-electron chi connectivity index (χ1n) is 7.53. The minimum Gasteiger partial charge on any atom is -0.348 e. The molecule has 1 aliphatic heterocycles. The zero-order chi connectivity index (χ0) is 18.0. The largest absolute Gasteiger partial charge is 0.427 e. The molecule has 2 aromatic rings. The number of carbonyl (C=O) groups excluding carboxylic acids is 1. The van der Waals surface area contributed by atoms with Gasteiger partial charge in [-0.1, -0.05) is 22.9 Å². The molecule has 0 saturated carbocycles. The van der Waals surface area contributed by atoms with Crippen molar-refractivity contribution in [3.8, 4) is 0 Å². The van der Waals surface area contributed by atoms with E-state index in [0.29, 0.717) is 53.2 Å². The summed E-state index contributed by atoms with van der Waals surface area (Å²) < 4.78 is 38.0. The summed E-state index contributed by atoms with van der Waals surface area (Å²) in [4.78, 5) is 21.2. The molecule has 0 unspecified atom stereocenters. The van der Waals surface area contributed by atoms with E-state index in [4.69, 9.17) is 11.6 Å². The number of amides is 1. The lowest BCUT2D eigenvalue weighted by atomic mass is 9.96. The van der Waals surface area contributed by atoms with Gasteiger partial charge in [-0.3, -0.25) is 4.79 Å². The van der Waals surface area contributed by atoms with E-state index in [1.54, 1.807) is 17.0 Å². The number of pyridine rings is 1. The second-order valence-electron chi connectivity index (χ2n) is 5.62. The number of hydrogen-bond acceptors (Lipinski definition) is 5. The Morgan fingerprint density at radius 2 is 1.96 bits per heavy atom. The average Bonchev–Trinajstić information content (AvgIpc) is 3.07. The van der Waals surface area contributed by atoms with Crippen LogP contribution in [0.15, 0.2) is 24.5 Å². The molecule has 1 saturated heterocycles. The topological polar surface area (TPSA) is 58.1 Å². The predicted octanol–water partition coefficient (Wildman–Crippen LogP) is 4.07. The highest BCUT2D eigenvalue weighted by molar-refractivity contribution is 7.15. The predicted molar refractivity (Wildman–Crippen MR) is 89.9 cm³/mol. The summed E-state index contributed by atoms with van der Waals surface area (Å²) in [5.41, 5.74) is 0. The number of hydrogen-bond donors (Lipinski definition) is 1. The Morgan fingerprint density at radius 1 is 1.24 bits per heavy atom. The van der Waals surface area contributed by atoms with Crippen molar-refractivity contribution < 1.29 is 18.0 Å². The SMILES string of the molecule is O=C(Nc1ccc(Cl)cn1)C1CCN(c2ncc(C(F)(F)F)s2)CC1. The van der Waals surface area contributed by atoms with Crippen molar-refractivity contribution in [2.75, 3.05) is 23.3 Å². The molecule has 1 fully saturated rings. The Labute approximate surface area is 150 Å². The second-order valence-corrected chi connectivity index (χ2v) is 7.06. The number of aromatic nitrogens is 2. The zero-order valence-electron chi connectivity index (χ0n) is 12.9. The number of alkyl halides is 3. The van der Waals surface area contributed by atoms with Gasteiger partial charge in [0.05, 0.1) is 11.2 Å². The molecule has 0 radical (unpaired) electrons. The number of anilines is 2. The highest BCUT2D eigenvalue weighted by Crippen LogP contribution is 2.37. The Balaban J connectivity index is 1.55. The van der Waals surface area contributed by atoms with E-state index in [2.05, 4.69) is 15.3 Å². The summed E-state index contributed by atoms with van der Waals surface area (Å²) in [7, 11) is 0. The van der Waals surface area contributed by atoms with Gasteiger partial charge in [-0.05, 0) is 25.0 Å². The molecular formula is C15H14ClF3N4OS. The molecule has 1 amide bonds. The standard InChI is InChI=1S/C15H14ClF3N4OS/c16-10-1-2-12(20-7-10)22-13(24)9-3-5-23(6-4-9)14-21-8-11(25-14)15(17,18)19/h1-2,7-9H,3-6H2,(H,20,22,24). The molecule has 1 N–H and O–H groups in total. The van der Waals surface area contributed by atoms with Crippen molar-refractivity contribution in [2.24, 2.45) is 5.92 Å². The summed E-state index contributed by atoms with van der Waals surface area (Å²) in [6.07, 6.45) is -0.994. The maximum absolute atomic E-state index is 12.7. The highest BCUT2D eigenvalue weighted by Gasteiger charge is 2.34.